The van der Waals surface area contributed by atoms with Crippen LogP contribution in [0.25, 0.3) is 22.0 Å². The van der Waals surface area contributed by atoms with Gasteiger partial charge in [-0.2, -0.15) is 0 Å². The van der Waals surface area contributed by atoms with Crippen LogP contribution in [0.5, 0.6) is 11.5 Å². The molecule has 0 saturated heterocycles. The van der Waals surface area contributed by atoms with Gasteiger partial charge >= 0.3 is 6.09 Å². The van der Waals surface area contributed by atoms with E-state index in [-0.39, 0.29) is 6.61 Å². The summed E-state index contributed by atoms with van der Waals surface area (Å²) < 4.78 is 15.8. The van der Waals surface area contributed by atoms with Gasteiger partial charge in [0.2, 0.25) is 0 Å². The van der Waals surface area contributed by atoms with E-state index in [1.165, 1.54) is 7.05 Å². The standard InChI is InChI=1S/C20H20N2O4/c1-21-20(23)26-12-13-4-6-14(7-5-13)15-8-9-22-17-11-19(25-3)18(24-2)10-16(15)17/h4-11H,12H2,1-3H3,(H,21,23). The van der Waals surface area contributed by atoms with Crippen LogP contribution in [0.2, 0.25) is 0 Å². The van der Waals surface area contributed by atoms with Crippen molar-refractivity contribution in [1.29, 1.82) is 0 Å². The molecule has 0 saturated carbocycles. The predicted molar refractivity (Wildman–Crippen MR) is 99.5 cm³/mol. The van der Waals surface area contributed by atoms with Gasteiger partial charge < -0.3 is 19.5 Å². The Morgan fingerprint density at radius 2 is 1.73 bits per heavy atom. The number of carbonyl (C=O) groups excluding carboxylic acids is 1. The lowest BCUT2D eigenvalue weighted by atomic mass is 10.00. The number of nitrogens with zero attached hydrogens (tertiary/aromatic N) is 1. The topological polar surface area (TPSA) is 69.7 Å². The molecule has 1 heterocycles. The molecule has 134 valence electrons. The number of pyridine rings is 1. The number of nitrogens with one attached hydrogen (secondary N) is 1. The van der Waals surface area contributed by atoms with Crippen molar-refractivity contribution in [1.82, 2.24) is 10.3 Å². The van der Waals surface area contributed by atoms with Gasteiger partial charge in [0.15, 0.2) is 11.5 Å². The SMILES string of the molecule is CNC(=O)OCc1ccc(-c2ccnc3cc(OC)c(OC)cc23)cc1. The van der Waals surface area contributed by atoms with E-state index in [9.17, 15) is 4.79 Å². The van der Waals surface area contributed by atoms with E-state index in [2.05, 4.69) is 10.3 Å². The van der Waals surface area contributed by atoms with E-state index in [1.807, 2.05) is 42.5 Å². The number of rotatable bonds is 5. The Balaban J connectivity index is 1.96. The monoisotopic (exact) mass is 352 g/mol. The molecular formula is C20H20N2O4. The second-order valence-corrected chi connectivity index (χ2v) is 5.61. The lowest BCUT2D eigenvalue weighted by Gasteiger charge is -2.12. The molecule has 3 aromatic rings. The zero-order valence-corrected chi connectivity index (χ0v) is 14.9. The van der Waals surface area contributed by atoms with Crippen molar-refractivity contribution in [3.05, 3.63) is 54.2 Å². The Bertz CT molecular complexity index is 923. The highest BCUT2D eigenvalue weighted by Gasteiger charge is 2.11. The summed E-state index contributed by atoms with van der Waals surface area (Å²) in [5.41, 5.74) is 3.81. The van der Waals surface area contributed by atoms with Crippen molar-refractivity contribution in [2.24, 2.45) is 0 Å². The second-order valence-electron chi connectivity index (χ2n) is 5.61. The summed E-state index contributed by atoms with van der Waals surface area (Å²) in [5.74, 6) is 1.30. The zero-order valence-electron chi connectivity index (χ0n) is 14.9. The number of amides is 1. The highest BCUT2D eigenvalue weighted by molar-refractivity contribution is 5.96. The number of carbonyl (C=O) groups is 1. The molecule has 0 unspecified atom stereocenters. The predicted octanol–water partition coefficient (Wildman–Crippen LogP) is 3.78. The van der Waals surface area contributed by atoms with Gasteiger partial charge in [-0.15, -0.1) is 0 Å². The Morgan fingerprint density at radius 3 is 2.38 bits per heavy atom. The molecule has 6 nitrogen and oxygen atoms in total. The second kappa shape index (κ2) is 7.74. The fourth-order valence-electron chi connectivity index (χ4n) is 2.73. The molecular weight excluding hydrogens is 332 g/mol. The molecule has 1 N–H and O–H groups in total. The molecule has 0 atom stereocenters. The van der Waals surface area contributed by atoms with Crippen molar-refractivity contribution in [2.75, 3.05) is 21.3 Å². The minimum atomic E-state index is -0.449. The Hall–Kier alpha value is -3.28. The normalized spacial score (nSPS) is 10.4. The molecule has 0 bridgehead atoms. The van der Waals surface area contributed by atoms with Crippen LogP contribution in [0.15, 0.2) is 48.7 Å². The van der Waals surface area contributed by atoms with Crippen molar-refractivity contribution < 1.29 is 19.0 Å². The number of ether oxygens (including phenoxy) is 3. The minimum Gasteiger partial charge on any atom is -0.493 e. The molecule has 0 radical (unpaired) electrons. The molecule has 26 heavy (non-hydrogen) atoms. The number of hydrogen-bond donors (Lipinski definition) is 1. The Labute approximate surface area is 151 Å². The summed E-state index contributed by atoms with van der Waals surface area (Å²) in [7, 11) is 4.75. The fraction of sp³-hybridized carbons (Fsp3) is 0.200. The molecule has 0 spiro atoms. The van der Waals surface area contributed by atoms with Crippen LogP contribution < -0.4 is 14.8 Å². The van der Waals surface area contributed by atoms with E-state index in [4.69, 9.17) is 14.2 Å². The van der Waals surface area contributed by atoms with Crippen LogP contribution in [0.1, 0.15) is 5.56 Å². The molecule has 0 aliphatic rings. The van der Waals surface area contributed by atoms with Crippen LogP contribution in [-0.4, -0.2) is 32.3 Å². The van der Waals surface area contributed by atoms with E-state index in [0.29, 0.717) is 11.5 Å². The maximum Gasteiger partial charge on any atom is 0.407 e. The molecule has 0 aliphatic heterocycles. The third-order valence-corrected chi connectivity index (χ3v) is 4.09. The molecule has 0 aliphatic carbocycles. The molecule has 3 rings (SSSR count). The van der Waals surface area contributed by atoms with Crippen molar-refractivity contribution in [3.63, 3.8) is 0 Å². The summed E-state index contributed by atoms with van der Waals surface area (Å²) in [6, 6.07) is 13.6. The number of benzene rings is 2. The average molecular weight is 352 g/mol. The van der Waals surface area contributed by atoms with Gasteiger partial charge in [0.1, 0.15) is 6.61 Å². The number of methoxy groups -OCH3 is 2. The molecule has 0 fully saturated rings. The maximum absolute atomic E-state index is 11.2. The van der Waals surface area contributed by atoms with Gasteiger partial charge in [-0.3, -0.25) is 4.98 Å². The lowest BCUT2D eigenvalue weighted by Crippen LogP contribution is -2.18. The highest BCUT2D eigenvalue weighted by Crippen LogP contribution is 2.36. The van der Waals surface area contributed by atoms with E-state index in [1.54, 1.807) is 20.4 Å². The van der Waals surface area contributed by atoms with E-state index >= 15 is 0 Å². The summed E-state index contributed by atoms with van der Waals surface area (Å²) in [6.45, 7) is 0.224. The third kappa shape index (κ3) is 3.54. The van der Waals surface area contributed by atoms with Crippen LogP contribution in [0, 0.1) is 0 Å². The van der Waals surface area contributed by atoms with Crippen molar-refractivity contribution in [3.8, 4) is 22.6 Å². The van der Waals surface area contributed by atoms with Gasteiger partial charge in [-0.25, -0.2) is 4.79 Å². The van der Waals surface area contributed by atoms with E-state index in [0.717, 1.165) is 27.6 Å². The average Bonchev–Trinajstić information content (AvgIpc) is 2.70. The van der Waals surface area contributed by atoms with E-state index < -0.39 is 6.09 Å². The summed E-state index contributed by atoms with van der Waals surface area (Å²) in [4.78, 5) is 15.6. The summed E-state index contributed by atoms with van der Waals surface area (Å²) >= 11 is 0. The number of fused-ring (bicyclic) bond motifs is 1. The third-order valence-electron chi connectivity index (χ3n) is 4.09. The lowest BCUT2D eigenvalue weighted by molar-refractivity contribution is 0.142. The van der Waals surface area contributed by atoms with Crippen LogP contribution >= 0.6 is 0 Å². The first kappa shape index (κ1) is 17.5. The summed E-state index contributed by atoms with van der Waals surface area (Å²) in [6.07, 6.45) is 1.32. The fourth-order valence-corrected chi connectivity index (χ4v) is 2.73. The zero-order chi connectivity index (χ0) is 18.5. The number of hydrogen-bond acceptors (Lipinski definition) is 5. The van der Waals surface area contributed by atoms with Gasteiger partial charge in [-0.1, -0.05) is 24.3 Å². The molecule has 2 aromatic carbocycles. The quantitative estimate of drug-likeness (QED) is 0.757. The number of aromatic nitrogens is 1. The summed E-state index contributed by atoms with van der Waals surface area (Å²) in [5, 5.41) is 3.39. The largest absolute Gasteiger partial charge is 0.493 e. The molecule has 1 aromatic heterocycles. The van der Waals surface area contributed by atoms with Gasteiger partial charge in [0.05, 0.1) is 19.7 Å². The smallest absolute Gasteiger partial charge is 0.407 e. The van der Waals surface area contributed by atoms with Crippen LogP contribution in [0.3, 0.4) is 0 Å². The van der Waals surface area contributed by atoms with Gasteiger partial charge in [0.25, 0.3) is 0 Å². The number of alkyl carbamates (subject to hydrolysis) is 1. The first-order valence-electron chi connectivity index (χ1n) is 8.11. The molecule has 6 heteroatoms. The van der Waals surface area contributed by atoms with Crippen LogP contribution in [-0.2, 0) is 11.3 Å². The molecule has 1 amide bonds. The minimum absolute atomic E-state index is 0.224. The highest BCUT2D eigenvalue weighted by atomic mass is 16.5. The maximum atomic E-state index is 11.2. The Morgan fingerprint density at radius 1 is 1.04 bits per heavy atom. The van der Waals surface area contributed by atoms with Crippen LogP contribution in [0.4, 0.5) is 4.79 Å². The first-order valence-corrected chi connectivity index (χ1v) is 8.11. The van der Waals surface area contributed by atoms with Gasteiger partial charge in [-0.05, 0) is 28.8 Å². The first-order chi connectivity index (χ1) is 12.7. The van der Waals surface area contributed by atoms with Crippen molar-refractivity contribution >= 4 is 17.0 Å². The van der Waals surface area contributed by atoms with Gasteiger partial charge in [0, 0.05) is 24.7 Å². The Kier molecular flexibility index (Phi) is 5.22. The van der Waals surface area contributed by atoms with Crippen molar-refractivity contribution in [2.45, 2.75) is 6.61 Å².